The molecule has 0 saturated carbocycles. The molecular weight excluding hydrogens is 202 g/mol. The van der Waals surface area contributed by atoms with Crippen molar-refractivity contribution in [3.63, 3.8) is 0 Å². The van der Waals surface area contributed by atoms with Gasteiger partial charge in [0, 0.05) is 24.9 Å². The van der Waals surface area contributed by atoms with Crippen LogP contribution >= 0.6 is 0 Å². The summed E-state index contributed by atoms with van der Waals surface area (Å²) in [5, 5.41) is 3.38. The van der Waals surface area contributed by atoms with Crippen molar-refractivity contribution in [2.45, 2.75) is 25.9 Å². The lowest BCUT2D eigenvalue weighted by Gasteiger charge is -2.12. The van der Waals surface area contributed by atoms with Gasteiger partial charge in [-0.2, -0.15) is 0 Å². The van der Waals surface area contributed by atoms with Crippen molar-refractivity contribution >= 4 is 5.69 Å². The maximum atomic E-state index is 5.56. The number of ether oxygens (including phenoxy) is 2. The normalized spacial score (nSPS) is 19.7. The van der Waals surface area contributed by atoms with E-state index in [-0.39, 0.29) is 0 Å². The molecule has 1 aliphatic rings. The molecule has 1 N–H and O–H groups in total. The monoisotopic (exact) mass is 221 g/mol. The van der Waals surface area contributed by atoms with E-state index in [0.717, 1.165) is 31.0 Å². The van der Waals surface area contributed by atoms with Gasteiger partial charge < -0.3 is 14.8 Å². The molecule has 2 rings (SSSR count). The first-order valence-electron chi connectivity index (χ1n) is 5.97. The van der Waals surface area contributed by atoms with Gasteiger partial charge in [-0.3, -0.25) is 0 Å². The average Bonchev–Trinajstić information content (AvgIpc) is 2.80. The number of anilines is 1. The van der Waals surface area contributed by atoms with E-state index >= 15 is 0 Å². The Balaban J connectivity index is 1.85. The molecule has 16 heavy (non-hydrogen) atoms. The highest BCUT2D eigenvalue weighted by molar-refractivity contribution is 5.48. The fourth-order valence-electron chi connectivity index (χ4n) is 1.90. The van der Waals surface area contributed by atoms with Crippen molar-refractivity contribution in [3.05, 3.63) is 24.3 Å². The fraction of sp³-hybridized carbons (Fsp3) is 0.538. The molecule has 1 unspecified atom stereocenters. The molecule has 1 aromatic carbocycles. The number of nitrogens with one attached hydrogen (secondary N) is 1. The smallest absolute Gasteiger partial charge is 0.121 e. The highest BCUT2D eigenvalue weighted by Gasteiger charge is 2.14. The summed E-state index contributed by atoms with van der Waals surface area (Å²) in [5.41, 5.74) is 1.10. The Morgan fingerprint density at radius 1 is 1.50 bits per heavy atom. The number of rotatable bonds is 5. The zero-order chi connectivity index (χ0) is 11.2. The molecule has 1 atom stereocenters. The second kappa shape index (κ2) is 5.75. The predicted molar refractivity (Wildman–Crippen MR) is 65.1 cm³/mol. The zero-order valence-corrected chi connectivity index (χ0v) is 9.74. The largest absolute Gasteiger partial charge is 0.494 e. The minimum Gasteiger partial charge on any atom is -0.494 e. The third-order valence-corrected chi connectivity index (χ3v) is 2.70. The molecule has 1 aromatic rings. The number of hydrogen-bond acceptors (Lipinski definition) is 3. The molecule has 88 valence electrons. The van der Waals surface area contributed by atoms with Crippen molar-refractivity contribution in [2.75, 3.05) is 25.1 Å². The molecule has 0 aromatic heterocycles. The van der Waals surface area contributed by atoms with Crippen LogP contribution in [0.4, 0.5) is 5.69 Å². The summed E-state index contributed by atoms with van der Waals surface area (Å²) in [6.45, 7) is 4.49. The Morgan fingerprint density at radius 3 is 3.19 bits per heavy atom. The first kappa shape index (κ1) is 11.3. The Labute approximate surface area is 96.8 Å². The van der Waals surface area contributed by atoms with Crippen molar-refractivity contribution in [2.24, 2.45) is 0 Å². The van der Waals surface area contributed by atoms with Crippen molar-refractivity contribution in [3.8, 4) is 5.75 Å². The topological polar surface area (TPSA) is 30.5 Å². The lowest BCUT2D eigenvalue weighted by molar-refractivity contribution is 0.120. The Hall–Kier alpha value is -1.22. The van der Waals surface area contributed by atoms with E-state index in [1.54, 1.807) is 0 Å². The first-order chi connectivity index (χ1) is 7.88. The van der Waals surface area contributed by atoms with Crippen LogP contribution in [0.1, 0.15) is 19.8 Å². The third kappa shape index (κ3) is 3.14. The lowest BCUT2D eigenvalue weighted by atomic mass is 10.2. The van der Waals surface area contributed by atoms with Crippen LogP contribution in [0.25, 0.3) is 0 Å². The Bertz CT molecular complexity index is 321. The minimum atomic E-state index is 0.371. The van der Waals surface area contributed by atoms with Crippen LogP contribution in [0.15, 0.2) is 24.3 Å². The average molecular weight is 221 g/mol. The van der Waals surface area contributed by atoms with Gasteiger partial charge in [-0.05, 0) is 31.9 Å². The second-order valence-electron chi connectivity index (χ2n) is 3.98. The maximum absolute atomic E-state index is 5.56. The quantitative estimate of drug-likeness (QED) is 0.829. The molecule has 0 spiro atoms. The van der Waals surface area contributed by atoms with Crippen LogP contribution < -0.4 is 10.1 Å². The van der Waals surface area contributed by atoms with E-state index in [4.69, 9.17) is 9.47 Å². The first-order valence-corrected chi connectivity index (χ1v) is 5.97. The minimum absolute atomic E-state index is 0.371. The van der Waals surface area contributed by atoms with E-state index in [9.17, 15) is 0 Å². The van der Waals surface area contributed by atoms with Crippen LogP contribution in [-0.2, 0) is 4.74 Å². The van der Waals surface area contributed by atoms with Crippen molar-refractivity contribution in [1.29, 1.82) is 0 Å². The summed E-state index contributed by atoms with van der Waals surface area (Å²) in [6, 6.07) is 8.06. The van der Waals surface area contributed by atoms with Crippen molar-refractivity contribution < 1.29 is 9.47 Å². The SMILES string of the molecule is CCOc1cccc(NCC2CCCO2)c1. The molecule has 1 heterocycles. The Kier molecular flexibility index (Phi) is 4.05. The lowest BCUT2D eigenvalue weighted by Crippen LogP contribution is -2.18. The molecule has 0 aliphatic carbocycles. The molecule has 3 nitrogen and oxygen atoms in total. The van der Waals surface area contributed by atoms with E-state index in [1.807, 2.05) is 25.1 Å². The highest BCUT2D eigenvalue weighted by atomic mass is 16.5. The molecule has 1 aliphatic heterocycles. The molecule has 1 fully saturated rings. The van der Waals surface area contributed by atoms with Gasteiger partial charge in [0.15, 0.2) is 0 Å². The molecule has 0 bridgehead atoms. The summed E-state index contributed by atoms with van der Waals surface area (Å²) >= 11 is 0. The summed E-state index contributed by atoms with van der Waals surface area (Å²) in [4.78, 5) is 0. The fourth-order valence-corrected chi connectivity index (χ4v) is 1.90. The van der Waals surface area contributed by atoms with Gasteiger partial charge in [0.1, 0.15) is 5.75 Å². The second-order valence-corrected chi connectivity index (χ2v) is 3.98. The van der Waals surface area contributed by atoms with E-state index < -0.39 is 0 Å². The molecule has 3 heteroatoms. The van der Waals surface area contributed by atoms with Crippen molar-refractivity contribution in [1.82, 2.24) is 0 Å². The Morgan fingerprint density at radius 2 is 2.44 bits per heavy atom. The van der Waals surface area contributed by atoms with E-state index in [2.05, 4.69) is 11.4 Å². The number of hydrogen-bond donors (Lipinski definition) is 1. The van der Waals surface area contributed by atoms with Crippen LogP contribution in [0.2, 0.25) is 0 Å². The van der Waals surface area contributed by atoms with Crippen LogP contribution in [0.5, 0.6) is 5.75 Å². The molecule has 0 amide bonds. The van der Waals surface area contributed by atoms with Crippen LogP contribution in [-0.4, -0.2) is 25.9 Å². The van der Waals surface area contributed by atoms with Gasteiger partial charge in [0.05, 0.1) is 12.7 Å². The van der Waals surface area contributed by atoms with Gasteiger partial charge >= 0.3 is 0 Å². The highest BCUT2D eigenvalue weighted by Crippen LogP contribution is 2.18. The summed E-state index contributed by atoms with van der Waals surface area (Å²) in [6.07, 6.45) is 2.72. The van der Waals surface area contributed by atoms with Gasteiger partial charge in [0.2, 0.25) is 0 Å². The molecule has 0 radical (unpaired) electrons. The zero-order valence-electron chi connectivity index (χ0n) is 9.74. The summed E-state index contributed by atoms with van der Waals surface area (Å²) in [7, 11) is 0. The van der Waals surface area contributed by atoms with Gasteiger partial charge in [0.25, 0.3) is 0 Å². The number of benzene rings is 1. The van der Waals surface area contributed by atoms with E-state index in [1.165, 1.54) is 6.42 Å². The summed E-state index contributed by atoms with van der Waals surface area (Å²) < 4.78 is 11.0. The van der Waals surface area contributed by atoms with Gasteiger partial charge in [-0.25, -0.2) is 0 Å². The van der Waals surface area contributed by atoms with Gasteiger partial charge in [-0.1, -0.05) is 6.07 Å². The van der Waals surface area contributed by atoms with Gasteiger partial charge in [-0.15, -0.1) is 0 Å². The van der Waals surface area contributed by atoms with Crippen LogP contribution in [0.3, 0.4) is 0 Å². The van der Waals surface area contributed by atoms with Crippen LogP contribution in [0, 0.1) is 0 Å². The molecule has 1 saturated heterocycles. The maximum Gasteiger partial charge on any atom is 0.121 e. The summed E-state index contributed by atoms with van der Waals surface area (Å²) in [5.74, 6) is 0.917. The standard InChI is InChI=1S/C13H19NO2/c1-2-15-12-6-3-5-11(9-12)14-10-13-7-4-8-16-13/h3,5-6,9,13-14H,2,4,7-8,10H2,1H3. The third-order valence-electron chi connectivity index (χ3n) is 2.70. The van der Waals surface area contributed by atoms with E-state index in [0.29, 0.717) is 12.7 Å². The molecular formula is C13H19NO2. The predicted octanol–water partition coefficient (Wildman–Crippen LogP) is 2.68.